The molecule has 0 spiro atoms. The highest BCUT2D eigenvalue weighted by atomic mass is 32.2. The molecule has 5 nitrogen and oxygen atoms in total. The van der Waals surface area contributed by atoms with Crippen LogP contribution in [0.4, 0.5) is 10.8 Å². The third kappa shape index (κ3) is 6.88. The van der Waals surface area contributed by atoms with Gasteiger partial charge in [0.05, 0.1) is 5.25 Å². The van der Waals surface area contributed by atoms with E-state index in [1.165, 1.54) is 23.1 Å². The SMILES string of the molecule is CC(Sc1ccc(NC(=O)CC(C)(C)C)cc1)C(=O)Nc1nccs1. The van der Waals surface area contributed by atoms with Crippen LogP contribution in [0.15, 0.2) is 40.7 Å². The molecule has 1 aromatic heterocycles. The second-order valence-electron chi connectivity index (χ2n) is 6.90. The lowest BCUT2D eigenvalue weighted by Crippen LogP contribution is -2.22. The van der Waals surface area contributed by atoms with Crippen molar-refractivity contribution < 1.29 is 9.59 Å². The number of nitrogens with one attached hydrogen (secondary N) is 2. The molecule has 2 rings (SSSR count). The zero-order chi connectivity index (χ0) is 18.4. The Morgan fingerprint density at radius 2 is 1.88 bits per heavy atom. The molecule has 1 heterocycles. The summed E-state index contributed by atoms with van der Waals surface area (Å²) in [7, 11) is 0. The fraction of sp³-hybridized carbons (Fsp3) is 0.389. The molecule has 0 aliphatic heterocycles. The molecule has 1 unspecified atom stereocenters. The number of carbonyl (C=O) groups is 2. The molecule has 7 heteroatoms. The minimum atomic E-state index is -0.245. The number of amides is 2. The molecule has 0 saturated carbocycles. The van der Waals surface area contributed by atoms with Gasteiger partial charge < -0.3 is 10.6 Å². The number of benzene rings is 1. The van der Waals surface area contributed by atoms with E-state index in [-0.39, 0.29) is 22.5 Å². The first-order valence-corrected chi connectivity index (χ1v) is 9.76. The van der Waals surface area contributed by atoms with Crippen LogP contribution >= 0.6 is 23.1 Å². The van der Waals surface area contributed by atoms with Gasteiger partial charge in [0.15, 0.2) is 5.13 Å². The fourth-order valence-electron chi connectivity index (χ4n) is 2.05. The van der Waals surface area contributed by atoms with Gasteiger partial charge in [0.2, 0.25) is 11.8 Å². The molecule has 134 valence electrons. The monoisotopic (exact) mass is 377 g/mol. The molecular weight excluding hydrogens is 354 g/mol. The number of nitrogens with zero attached hydrogens (tertiary/aromatic N) is 1. The molecule has 1 aromatic carbocycles. The average Bonchev–Trinajstić information content (AvgIpc) is 3.00. The normalized spacial score (nSPS) is 12.5. The highest BCUT2D eigenvalue weighted by Crippen LogP contribution is 2.26. The van der Waals surface area contributed by atoms with E-state index in [9.17, 15) is 9.59 Å². The number of anilines is 2. The predicted octanol–water partition coefficient (Wildman–Crippen LogP) is 4.64. The molecule has 0 aliphatic carbocycles. The Balaban J connectivity index is 1.87. The Morgan fingerprint density at radius 1 is 1.20 bits per heavy atom. The Morgan fingerprint density at radius 3 is 2.44 bits per heavy atom. The molecule has 0 bridgehead atoms. The Bertz CT molecular complexity index is 707. The summed E-state index contributed by atoms with van der Waals surface area (Å²) in [6, 6.07) is 7.53. The Kier molecular flexibility index (Phi) is 6.61. The van der Waals surface area contributed by atoms with Crippen LogP contribution in [0.2, 0.25) is 0 Å². The van der Waals surface area contributed by atoms with E-state index in [0.717, 1.165) is 10.6 Å². The van der Waals surface area contributed by atoms with Crippen LogP contribution in [0.25, 0.3) is 0 Å². The van der Waals surface area contributed by atoms with Crippen LogP contribution in [0, 0.1) is 5.41 Å². The molecule has 1 atom stereocenters. The number of carbonyl (C=O) groups excluding carboxylic acids is 2. The quantitative estimate of drug-likeness (QED) is 0.720. The van der Waals surface area contributed by atoms with Crippen LogP contribution in [0.3, 0.4) is 0 Å². The maximum Gasteiger partial charge on any atom is 0.239 e. The van der Waals surface area contributed by atoms with Crippen molar-refractivity contribution >= 4 is 45.7 Å². The van der Waals surface area contributed by atoms with Gasteiger partial charge in [-0.3, -0.25) is 9.59 Å². The highest BCUT2D eigenvalue weighted by molar-refractivity contribution is 8.00. The van der Waals surface area contributed by atoms with E-state index in [2.05, 4.69) is 15.6 Å². The zero-order valence-electron chi connectivity index (χ0n) is 14.8. The second-order valence-corrected chi connectivity index (χ2v) is 9.21. The number of thiazole rings is 1. The van der Waals surface area contributed by atoms with Crippen molar-refractivity contribution in [2.45, 2.75) is 44.3 Å². The van der Waals surface area contributed by atoms with Crippen molar-refractivity contribution in [3.63, 3.8) is 0 Å². The maximum absolute atomic E-state index is 12.1. The summed E-state index contributed by atoms with van der Waals surface area (Å²) >= 11 is 2.86. The second kappa shape index (κ2) is 8.49. The molecule has 25 heavy (non-hydrogen) atoms. The third-order valence-electron chi connectivity index (χ3n) is 3.17. The van der Waals surface area contributed by atoms with Crippen molar-refractivity contribution in [3.8, 4) is 0 Å². The predicted molar refractivity (Wildman–Crippen MR) is 105 cm³/mol. The largest absolute Gasteiger partial charge is 0.326 e. The van der Waals surface area contributed by atoms with Gasteiger partial charge in [-0.25, -0.2) is 4.98 Å². The van der Waals surface area contributed by atoms with E-state index in [0.29, 0.717) is 11.6 Å². The average molecular weight is 378 g/mol. The van der Waals surface area contributed by atoms with Crippen molar-refractivity contribution in [2.24, 2.45) is 5.41 Å². The highest BCUT2D eigenvalue weighted by Gasteiger charge is 2.17. The van der Waals surface area contributed by atoms with Gasteiger partial charge in [0, 0.05) is 28.6 Å². The minimum absolute atomic E-state index is 0.00379. The molecule has 0 radical (unpaired) electrons. The van der Waals surface area contributed by atoms with Crippen LogP contribution in [0.5, 0.6) is 0 Å². The molecule has 2 amide bonds. The summed E-state index contributed by atoms with van der Waals surface area (Å²) in [6.07, 6.45) is 2.13. The van der Waals surface area contributed by atoms with E-state index < -0.39 is 0 Å². The van der Waals surface area contributed by atoms with Crippen LogP contribution in [0.1, 0.15) is 34.1 Å². The first kappa shape index (κ1) is 19.5. The van der Waals surface area contributed by atoms with Crippen molar-refractivity contribution in [3.05, 3.63) is 35.8 Å². The summed E-state index contributed by atoms with van der Waals surface area (Å²) in [4.78, 5) is 29.1. The minimum Gasteiger partial charge on any atom is -0.326 e. The van der Waals surface area contributed by atoms with Crippen LogP contribution in [-0.2, 0) is 9.59 Å². The Hall–Kier alpha value is -1.86. The Labute approximate surface area is 156 Å². The molecule has 0 saturated heterocycles. The maximum atomic E-state index is 12.1. The standard InChI is InChI=1S/C18H23N3O2S2/c1-12(16(23)21-17-19-9-10-24-17)25-14-7-5-13(6-8-14)20-15(22)11-18(2,3)4/h5-10,12H,11H2,1-4H3,(H,20,22)(H,19,21,23). The van der Waals surface area contributed by atoms with E-state index in [1.54, 1.807) is 6.20 Å². The zero-order valence-corrected chi connectivity index (χ0v) is 16.5. The summed E-state index contributed by atoms with van der Waals surface area (Å²) < 4.78 is 0. The number of thioether (sulfide) groups is 1. The van der Waals surface area contributed by atoms with Gasteiger partial charge in [0.1, 0.15) is 0 Å². The van der Waals surface area contributed by atoms with Crippen LogP contribution in [-0.4, -0.2) is 22.0 Å². The topological polar surface area (TPSA) is 71.1 Å². The molecular formula is C18H23N3O2S2. The smallest absolute Gasteiger partial charge is 0.239 e. The summed E-state index contributed by atoms with van der Waals surface area (Å²) in [5, 5.41) is 7.87. The molecule has 0 aliphatic rings. The van der Waals surface area contributed by atoms with Gasteiger partial charge in [0.25, 0.3) is 0 Å². The summed E-state index contributed by atoms with van der Waals surface area (Å²) in [5.74, 6) is -0.0772. The van der Waals surface area contributed by atoms with Gasteiger partial charge in [-0.1, -0.05) is 20.8 Å². The molecule has 2 aromatic rings. The van der Waals surface area contributed by atoms with E-state index in [4.69, 9.17) is 0 Å². The number of rotatable bonds is 6. The first-order valence-electron chi connectivity index (χ1n) is 8.00. The summed E-state index contributed by atoms with van der Waals surface area (Å²) in [6.45, 7) is 7.95. The lowest BCUT2D eigenvalue weighted by atomic mass is 9.92. The molecule has 2 N–H and O–H groups in total. The van der Waals surface area contributed by atoms with Crippen molar-refractivity contribution in [1.29, 1.82) is 0 Å². The third-order valence-corrected chi connectivity index (χ3v) is 4.97. The number of hydrogen-bond acceptors (Lipinski definition) is 5. The van der Waals surface area contributed by atoms with Crippen LogP contribution < -0.4 is 10.6 Å². The van der Waals surface area contributed by atoms with E-state index in [1.807, 2.05) is 57.3 Å². The fourth-order valence-corrected chi connectivity index (χ4v) is 3.45. The van der Waals surface area contributed by atoms with Crippen molar-refractivity contribution in [2.75, 3.05) is 10.6 Å². The van der Waals surface area contributed by atoms with Gasteiger partial charge >= 0.3 is 0 Å². The molecule has 0 fully saturated rings. The van der Waals surface area contributed by atoms with Gasteiger partial charge in [-0.2, -0.15) is 0 Å². The first-order chi connectivity index (χ1) is 11.7. The lowest BCUT2D eigenvalue weighted by molar-refractivity contribution is -0.118. The number of aromatic nitrogens is 1. The van der Waals surface area contributed by atoms with Gasteiger partial charge in [-0.05, 0) is 36.6 Å². The van der Waals surface area contributed by atoms with E-state index >= 15 is 0 Å². The lowest BCUT2D eigenvalue weighted by Gasteiger charge is -2.17. The van der Waals surface area contributed by atoms with Crippen molar-refractivity contribution in [1.82, 2.24) is 4.98 Å². The summed E-state index contributed by atoms with van der Waals surface area (Å²) in [5.41, 5.74) is 0.721. The van der Waals surface area contributed by atoms with Gasteiger partial charge in [-0.15, -0.1) is 23.1 Å². The number of hydrogen-bond donors (Lipinski definition) is 2.